The highest BCUT2D eigenvalue weighted by molar-refractivity contribution is 7.17. The van der Waals surface area contributed by atoms with Crippen LogP contribution in [0.5, 0.6) is 17.2 Å². The second-order valence-electron chi connectivity index (χ2n) is 8.20. The topological polar surface area (TPSA) is 124 Å². The van der Waals surface area contributed by atoms with Crippen LogP contribution in [0.1, 0.15) is 32.5 Å². The molecule has 0 aliphatic carbocycles. The van der Waals surface area contributed by atoms with Crippen LogP contribution in [-0.4, -0.2) is 55.2 Å². The Morgan fingerprint density at radius 2 is 1.78 bits per heavy atom. The van der Waals surface area contributed by atoms with Crippen LogP contribution in [0.2, 0.25) is 0 Å². The molecule has 2 aliphatic heterocycles. The fraction of sp³-hybridized carbons (Fsp3) is 0.231. The average molecular weight is 523 g/mol. The van der Waals surface area contributed by atoms with Gasteiger partial charge in [0.15, 0.2) is 16.6 Å². The molecule has 37 heavy (non-hydrogen) atoms. The Morgan fingerprint density at radius 1 is 1.08 bits per heavy atom. The maximum absolute atomic E-state index is 13.4. The molecule has 0 spiro atoms. The van der Waals surface area contributed by atoms with Crippen LogP contribution in [0.4, 0.5) is 5.13 Å². The number of aromatic nitrogens is 1. The molecule has 0 bridgehead atoms. The number of carbonyl (C=O) groups excluding carboxylic acids is 3. The summed E-state index contributed by atoms with van der Waals surface area (Å²) in [5.41, 5.74) is 1.05. The largest absolute Gasteiger partial charge is 0.507 e. The number of thiazole rings is 1. The second-order valence-corrected chi connectivity index (χ2v) is 9.18. The highest BCUT2D eigenvalue weighted by Gasteiger charge is 2.48. The molecule has 0 radical (unpaired) electrons. The molecule has 1 amide bonds. The van der Waals surface area contributed by atoms with Gasteiger partial charge in [0, 0.05) is 5.56 Å². The number of fused-ring (bicyclic) bond motifs is 1. The molecule has 0 saturated carbocycles. The van der Waals surface area contributed by atoms with Crippen LogP contribution in [-0.2, 0) is 14.3 Å². The predicted molar refractivity (Wildman–Crippen MR) is 133 cm³/mol. The van der Waals surface area contributed by atoms with E-state index in [1.165, 1.54) is 19.1 Å². The van der Waals surface area contributed by atoms with Gasteiger partial charge in [-0.25, -0.2) is 9.78 Å². The lowest BCUT2D eigenvalue weighted by Crippen LogP contribution is -2.29. The van der Waals surface area contributed by atoms with E-state index in [1.807, 2.05) is 0 Å². The number of ketones is 1. The molecule has 190 valence electrons. The first-order valence-electron chi connectivity index (χ1n) is 11.2. The molecule has 1 N–H and O–H groups in total. The number of hydrogen-bond donors (Lipinski definition) is 1. The SMILES string of the molecule is COC(=O)c1sc(N2C(=O)C(=O)C(=C(O)c3ccc4c(c3)OCCO4)C2c2ccc(OC)cc2)nc1C. The van der Waals surface area contributed by atoms with Crippen molar-refractivity contribution in [1.82, 2.24) is 4.98 Å². The first-order chi connectivity index (χ1) is 17.8. The maximum Gasteiger partial charge on any atom is 0.350 e. The number of esters is 1. The third-order valence-electron chi connectivity index (χ3n) is 6.05. The van der Waals surface area contributed by atoms with Crippen molar-refractivity contribution in [2.75, 3.05) is 32.3 Å². The van der Waals surface area contributed by atoms with Crippen molar-refractivity contribution in [3.63, 3.8) is 0 Å². The number of aliphatic hydroxyl groups excluding tert-OH is 1. The van der Waals surface area contributed by atoms with Crippen molar-refractivity contribution in [2.45, 2.75) is 13.0 Å². The summed E-state index contributed by atoms with van der Waals surface area (Å²) >= 11 is 0.931. The van der Waals surface area contributed by atoms with Crippen LogP contribution in [0.25, 0.3) is 5.76 Å². The van der Waals surface area contributed by atoms with Crippen LogP contribution < -0.4 is 19.1 Å². The summed E-state index contributed by atoms with van der Waals surface area (Å²) in [6.45, 7) is 2.36. The Hall–Kier alpha value is -4.38. The summed E-state index contributed by atoms with van der Waals surface area (Å²) in [5, 5.41) is 11.5. The quantitative estimate of drug-likeness (QED) is 0.231. The molecule has 1 aromatic heterocycles. The number of aliphatic hydroxyl groups is 1. The van der Waals surface area contributed by atoms with Crippen LogP contribution in [0.3, 0.4) is 0 Å². The number of aryl methyl sites for hydroxylation is 1. The van der Waals surface area contributed by atoms with Crippen molar-refractivity contribution in [2.24, 2.45) is 0 Å². The van der Waals surface area contributed by atoms with Crippen LogP contribution in [0.15, 0.2) is 48.0 Å². The Labute approximate surface area is 215 Å². The molecule has 1 saturated heterocycles. The van der Waals surface area contributed by atoms with Crippen molar-refractivity contribution in [1.29, 1.82) is 0 Å². The number of methoxy groups -OCH3 is 2. The molecule has 1 unspecified atom stereocenters. The van der Waals surface area contributed by atoms with Gasteiger partial charge in [-0.15, -0.1) is 0 Å². The van der Waals surface area contributed by atoms with E-state index in [2.05, 4.69) is 4.98 Å². The lowest BCUT2D eigenvalue weighted by molar-refractivity contribution is -0.132. The van der Waals surface area contributed by atoms with E-state index >= 15 is 0 Å². The number of ether oxygens (including phenoxy) is 4. The zero-order chi connectivity index (χ0) is 26.3. The normalized spacial score (nSPS) is 18.1. The third kappa shape index (κ3) is 4.16. The number of anilines is 1. The molecule has 2 aliphatic rings. The standard InChI is InChI=1S/C26H22N2O8S/c1-13-23(25(32)34-3)37-26(27-13)28-20(14-4-7-16(33-2)8-5-14)19(22(30)24(28)31)21(29)15-6-9-17-18(12-15)36-11-10-35-17/h4-9,12,20,29H,10-11H2,1-3H3. The minimum Gasteiger partial charge on any atom is -0.507 e. The molecule has 11 heteroatoms. The predicted octanol–water partition coefficient (Wildman–Crippen LogP) is 3.64. The number of rotatable bonds is 5. The summed E-state index contributed by atoms with van der Waals surface area (Å²) < 4.78 is 21.2. The molecule has 10 nitrogen and oxygen atoms in total. The summed E-state index contributed by atoms with van der Waals surface area (Å²) in [6.07, 6.45) is 0. The summed E-state index contributed by atoms with van der Waals surface area (Å²) in [5.74, 6) is -1.24. The van der Waals surface area contributed by atoms with E-state index in [-0.39, 0.29) is 26.9 Å². The fourth-order valence-corrected chi connectivity index (χ4v) is 5.26. The number of hydrogen-bond acceptors (Lipinski definition) is 10. The number of benzene rings is 2. The van der Waals surface area contributed by atoms with E-state index < -0.39 is 23.7 Å². The Bertz CT molecular complexity index is 1440. The first kappa shape index (κ1) is 24.3. The van der Waals surface area contributed by atoms with Crippen molar-refractivity contribution in [3.05, 3.63) is 69.7 Å². The zero-order valence-corrected chi connectivity index (χ0v) is 21.0. The van der Waals surface area contributed by atoms with Crippen molar-refractivity contribution >= 4 is 39.9 Å². The minimum absolute atomic E-state index is 0.126. The first-order valence-corrected chi connectivity index (χ1v) is 12.1. The van der Waals surface area contributed by atoms with E-state index in [0.29, 0.717) is 41.7 Å². The highest BCUT2D eigenvalue weighted by atomic mass is 32.1. The molecular weight excluding hydrogens is 500 g/mol. The molecule has 1 fully saturated rings. The van der Waals surface area contributed by atoms with E-state index in [1.54, 1.807) is 49.4 Å². The average Bonchev–Trinajstić information content (AvgIpc) is 3.43. The van der Waals surface area contributed by atoms with Crippen LogP contribution >= 0.6 is 11.3 Å². The zero-order valence-electron chi connectivity index (χ0n) is 20.1. The maximum atomic E-state index is 13.4. The summed E-state index contributed by atoms with van der Waals surface area (Å²) in [7, 11) is 2.77. The Kier molecular flexibility index (Phi) is 6.30. The Morgan fingerprint density at radius 3 is 2.46 bits per heavy atom. The van der Waals surface area contributed by atoms with Gasteiger partial charge in [0.1, 0.15) is 29.6 Å². The molecule has 2 aromatic carbocycles. The van der Waals surface area contributed by atoms with E-state index in [9.17, 15) is 19.5 Å². The highest BCUT2D eigenvalue weighted by Crippen LogP contribution is 2.45. The molecule has 3 heterocycles. The number of nitrogens with zero attached hydrogens (tertiary/aromatic N) is 2. The van der Waals surface area contributed by atoms with Gasteiger partial charge in [-0.2, -0.15) is 0 Å². The number of amides is 1. The van der Waals surface area contributed by atoms with Gasteiger partial charge < -0.3 is 24.1 Å². The number of Topliss-reactive ketones (excluding diaryl/α,β-unsaturated/α-hetero) is 1. The molecule has 1 atom stereocenters. The lowest BCUT2D eigenvalue weighted by Gasteiger charge is -2.23. The monoisotopic (exact) mass is 522 g/mol. The molecule has 3 aromatic rings. The third-order valence-corrected chi connectivity index (χ3v) is 7.19. The molecule has 5 rings (SSSR count). The van der Waals surface area contributed by atoms with Gasteiger partial charge in [-0.1, -0.05) is 23.5 Å². The van der Waals surface area contributed by atoms with Crippen molar-refractivity contribution in [3.8, 4) is 17.2 Å². The fourth-order valence-electron chi connectivity index (χ4n) is 4.24. The summed E-state index contributed by atoms with van der Waals surface area (Å²) in [4.78, 5) is 44.7. The smallest absolute Gasteiger partial charge is 0.350 e. The lowest BCUT2D eigenvalue weighted by atomic mass is 9.95. The van der Waals surface area contributed by atoms with Gasteiger partial charge in [-0.3, -0.25) is 14.5 Å². The number of carbonyl (C=O) groups is 3. The van der Waals surface area contributed by atoms with Crippen LogP contribution in [0, 0.1) is 6.92 Å². The minimum atomic E-state index is -1.02. The molecular formula is C26H22N2O8S. The van der Waals surface area contributed by atoms with Gasteiger partial charge >= 0.3 is 11.9 Å². The van der Waals surface area contributed by atoms with Gasteiger partial charge in [0.25, 0.3) is 5.78 Å². The van der Waals surface area contributed by atoms with Gasteiger partial charge in [0.05, 0.1) is 31.5 Å². The second kappa shape index (κ2) is 9.58. The Balaban J connectivity index is 1.68. The van der Waals surface area contributed by atoms with Crippen molar-refractivity contribution < 1.29 is 38.4 Å². The van der Waals surface area contributed by atoms with Gasteiger partial charge in [0.2, 0.25) is 0 Å². The summed E-state index contributed by atoms with van der Waals surface area (Å²) in [6, 6.07) is 10.5. The van der Waals surface area contributed by atoms with Gasteiger partial charge in [-0.05, 0) is 42.8 Å². The van der Waals surface area contributed by atoms with E-state index in [4.69, 9.17) is 18.9 Å². The van der Waals surface area contributed by atoms with E-state index in [0.717, 1.165) is 11.3 Å².